The summed E-state index contributed by atoms with van der Waals surface area (Å²) in [4.78, 5) is 0. The first-order valence-electron chi connectivity index (χ1n) is 6.59. The van der Waals surface area contributed by atoms with Gasteiger partial charge in [0.1, 0.15) is 5.75 Å². The number of hydrogen-bond donors (Lipinski definition) is 0. The van der Waals surface area contributed by atoms with Crippen LogP contribution >= 0.6 is 0 Å². The summed E-state index contributed by atoms with van der Waals surface area (Å²) >= 11 is 0. The molecule has 0 aliphatic carbocycles. The van der Waals surface area contributed by atoms with Crippen LogP contribution in [0, 0.1) is 0 Å². The van der Waals surface area contributed by atoms with E-state index < -0.39 is 0 Å². The van der Waals surface area contributed by atoms with E-state index in [1.54, 1.807) is 0 Å². The van der Waals surface area contributed by atoms with Crippen LogP contribution in [0.1, 0.15) is 26.3 Å². The van der Waals surface area contributed by atoms with Gasteiger partial charge in [-0.3, -0.25) is 0 Å². The molecular formula is C18H20O. The lowest BCUT2D eigenvalue weighted by Crippen LogP contribution is -2.05. The monoisotopic (exact) mass is 252 g/mol. The molecule has 1 nitrogen and oxygen atoms in total. The van der Waals surface area contributed by atoms with E-state index in [1.807, 2.05) is 32.9 Å². The van der Waals surface area contributed by atoms with Crippen molar-refractivity contribution in [3.63, 3.8) is 0 Å². The van der Waals surface area contributed by atoms with Crippen molar-refractivity contribution in [1.29, 1.82) is 0 Å². The molecule has 2 aromatic rings. The number of benzene rings is 2. The molecule has 0 saturated heterocycles. The van der Waals surface area contributed by atoms with Crippen molar-refractivity contribution in [3.8, 4) is 16.9 Å². The summed E-state index contributed by atoms with van der Waals surface area (Å²) in [5, 5.41) is 0. The first kappa shape index (κ1) is 13.4. The Kier molecular flexibility index (Phi) is 4.06. The van der Waals surface area contributed by atoms with Gasteiger partial charge in [-0.2, -0.15) is 0 Å². The molecule has 0 heterocycles. The van der Waals surface area contributed by atoms with Gasteiger partial charge < -0.3 is 4.74 Å². The molecule has 0 atom stereocenters. The highest BCUT2D eigenvalue weighted by atomic mass is 16.5. The van der Waals surface area contributed by atoms with Crippen molar-refractivity contribution in [3.05, 3.63) is 60.7 Å². The molecule has 0 saturated carbocycles. The minimum atomic E-state index is 0.209. The van der Waals surface area contributed by atoms with Crippen LogP contribution in [-0.4, -0.2) is 6.10 Å². The van der Waals surface area contributed by atoms with E-state index in [2.05, 4.69) is 43.0 Å². The Labute approximate surface area is 115 Å². The third-order valence-corrected chi connectivity index (χ3v) is 2.94. The summed E-state index contributed by atoms with van der Waals surface area (Å²) in [6, 6.07) is 16.7. The Bertz CT molecular complexity index is 547. The van der Waals surface area contributed by atoms with E-state index >= 15 is 0 Å². The van der Waals surface area contributed by atoms with Gasteiger partial charge in [-0.15, -0.1) is 0 Å². The molecule has 0 aliphatic heterocycles. The van der Waals surface area contributed by atoms with Gasteiger partial charge in [0.2, 0.25) is 0 Å². The molecule has 0 fully saturated rings. The maximum absolute atomic E-state index is 5.64. The van der Waals surface area contributed by atoms with Crippen molar-refractivity contribution in [2.24, 2.45) is 0 Å². The quantitative estimate of drug-likeness (QED) is 0.729. The van der Waals surface area contributed by atoms with Crippen LogP contribution in [0.5, 0.6) is 5.75 Å². The lowest BCUT2D eigenvalue weighted by molar-refractivity contribution is 0.242. The number of allylic oxidation sites excluding steroid dienone is 1. The maximum Gasteiger partial charge on any atom is 0.119 e. The van der Waals surface area contributed by atoms with Gasteiger partial charge in [0.15, 0.2) is 0 Å². The number of ether oxygens (including phenoxy) is 1. The maximum atomic E-state index is 5.64. The largest absolute Gasteiger partial charge is 0.491 e. The molecule has 2 rings (SSSR count). The minimum Gasteiger partial charge on any atom is -0.491 e. The van der Waals surface area contributed by atoms with E-state index in [4.69, 9.17) is 4.74 Å². The van der Waals surface area contributed by atoms with Crippen LogP contribution in [0.2, 0.25) is 0 Å². The molecule has 98 valence electrons. The lowest BCUT2D eigenvalue weighted by atomic mass is 10.0. The summed E-state index contributed by atoms with van der Waals surface area (Å²) in [6.45, 7) is 10.0. The summed E-state index contributed by atoms with van der Waals surface area (Å²) < 4.78 is 5.64. The van der Waals surface area contributed by atoms with Gasteiger partial charge in [0, 0.05) is 0 Å². The standard InChI is InChI=1S/C18H20O/c1-13(2)15-5-7-16(8-6-15)17-9-11-18(12-10-17)19-14(3)4/h5-12,14H,1H2,2-4H3. The third-order valence-electron chi connectivity index (χ3n) is 2.94. The van der Waals surface area contributed by atoms with Gasteiger partial charge in [-0.25, -0.2) is 0 Å². The zero-order valence-electron chi connectivity index (χ0n) is 11.8. The van der Waals surface area contributed by atoms with Crippen LogP contribution in [0.15, 0.2) is 55.1 Å². The zero-order valence-corrected chi connectivity index (χ0v) is 11.8. The highest BCUT2D eigenvalue weighted by molar-refractivity contribution is 5.68. The predicted molar refractivity (Wildman–Crippen MR) is 82.4 cm³/mol. The molecule has 2 aromatic carbocycles. The Morgan fingerprint density at radius 1 is 0.895 bits per heavy atom. The van der Waals surface area contributed by atoms with Crippen molar-refractivity contribution in [2.75, 3.05) is 0 Å². The second-order valence-electron chi connectivity index (χ2n) is 5.05. The van der Waals surface area contributed by atoms with Gasteiger partial charge >= 0.3 is 0 Å². The normalized spacial score (nSPS) is 10.5. The van der Waals surface area contributed by atoms with Crippen LogP contribution in [-0.2, 0) is 0 Å². The molecule has 0 aliphatic rings. The summed E-state index contributed by atoms with van der Waals surface area (Å²) in [5.74, 6) is 0.914. The SMILES string of the molecule is C=C(C)c1ccc(-c2ccc(OC(C)C)cc2)cc1. The highest BCUT2D eigenvalue weighted by Crippen LogP contribution is 2.24. The number of hydrogen-bond acceptors (Lipinski definition) is 1. The van der Waals surface area contributed by atoms with Crippen molar-refractivity contribution >= 4 is 5.57 Å². The summed E-state index contributed by atoms with van der Waals surface area (Å²) in [6.07, 6.45) is 0.209. The van der Waals surface area contributed by atoms with Crippen LogP contribution < -0.4 is 4.74 Å². The van der Waals surface area contributed by atoms with Gasteiger partial charge in [-0.1, -0.05) is 48.6 Å². The average Bonchev–Trinajstić information content (AvgIpc) is 2.39. The Morgan fingerprint density at radius 3 is 1.79 bits per heavy atom. The Morgan fingerprint density at radius 2 is 1.37 bits per heavy atom. The highest BCUT2D eigenvalue weighted by Gasteiger charge is 2.01. The van der Waals surface area contributed by atoms with E-state index in [0.717, 1.165) is 11.3 Å². The fourth-order valence-corrected chi connectivity index (χ4v) is 1.95. The fourth-order valence-electron chi connectivity index (χ4n) is 1.95. The van der Waals surface area contributed by atoms with Gasteiger partial charge in [0.25, 0.3) is 0 Å². The van der Waals surface area contributed by atoms with Crippen LogP contribution in [0.25, 0.3) is 16.7 Å². The predicted octanol–water partition coefficient (Wildman–Crippen LogP) is 5.17. The smallest absolute Gasteiger partial charge is 0.119 e. The molecule has 19 heavy (non-hydrogen) atoms. The van der Waals surface area contributed by atoms with Crippen molar-refractivity contribution in [1.82, 2.24) is 0 Å². The van der Waals surface area contributed by atoms with Crippen LogP contribution in [0.3, 0.4) is 0 Å². The molecule has 0 spiro atoms. The topological polar surface area (TPSA) is 9.23 Å². The van der Waals surface area contributed by atoms with Crippen molar-refractivity contribution in [2.45, 2.75) is 26.9 Å². The second kappa shape index (κ2) is 5.75. The second-order valence-corrected chi connectivity index (χ2v) is 5.05. The van der Waals surface area contributed by atoms with E-state index in [9.17, 15) is 0 Å². The van der Waals surface area contributed by atoms with E-state index in [-0.39, 0.29) is 6.10 Å². The first-order chi connectivity index (χ1) is 9.06. The first-order valence-corrected chi connectivity index (χ1v) is 6.59. The fraction of sp³-hybridized carbons (Fsp3) is 0.222. The molecule has 0 amide bonds. The summed E-state index contributed by atoms with van der Waals surface area (Å²) in [7, 11) is 0. The van der Waals surface area contributed by atoms with E-state index in [0.29, 0.717) is 0 Å². The van der Waals surface area contributed by atoms with E-state index in [1.165, 1.54) is 16.7 Å². The van der Waals surface area contributed by atoms with Gasteiger partial charge in [0.05, 0.1) is 6.10 Å². The third kappa shape index (κ3) is 3.47. The molecule has 0 radical (unpaired) electrons. The molecular weight excluding hydrogens is 232 g/mol. The van der Waals surface area contributed by atoms with Gasteiger partial charge in [-0.05, 0) is 49.6 Å². The molecule has 1 heteroatoms. The Hall–Kier alpha value is -2.02. The molecule has 0 N–H and O–H groups in total. The summed E-state index contributed by atoms with van der Waals surface area (Å²) in [5.41, 5.74) is 4.68. The zero-order chi connectivity index (χ0) is 13.8. The lowest BCUT2D eigenvalue weighted by Gasteiger charge is -2.10. The Balaban J connectivity index is 2.19. The number of rotatable bonds is 4. The average molecular weight is 252 g/mol. The molecule has 0 aromatic heterocycles. The molecule has 0 unspecified atom stereocenters. The van der Waals surface area contributed by atoms with Crippen molar-refractivity contribution < 1.29 is 4.74 Å². The minimum absolute atomic E-state index is 0.209. The molecule has 0 bridgehead atoms. The van der Waals surface area contributed by atoms with Crippen LogP contribution in [0.4, 0.5) is 0 Å².